The molecular formula is C14H16ClN3O3S. The summed E-state index contributed by atoms with van der Waals surface area (Å²) in [7, 11) is 0. The molecule has 0 bridgehead atoms. The third kappa shape index (κ3) is 3.48. The number of thiophene rings is 1. The van der Waals surface area contributed by atoms with Crippen LogP contribution in [0.15, 0.2) is 16.5 Å². The molecule has 118 valence electrons. The summed E-state index contributed by atoms with van der Waals surface area (Å²) in [6, 6.07) is 3.51. The van der Waals surface area contributed by atoms with E-state index in [-0.39, 0.29) is 11.9 Å². The Morgan fingerprint density at radius 1 is 1.50 bits per heavy atom. The van der Waals surface area contributed by atoms with Gasteiger partial charge in [-0.25, -0.2) is 0 Å². The van der Waals surface area contributed by atoms with Crippen LogP contribution >= 0.6 is 22.9 Å². The fourth-order valence-corrected chi connectivity index (χ4v) is 3.50. The number of aromatic nitrogens is 2. The second-order valence-corrected chi connectivity index (χ2v) is 6.84. The molecule has 2 aromatic heterocycles. The van der Waals surface area contributed by atoms with Gasteiger partial charge in [0.05, 0.1) is 17.6 Å². The quantitative estimate of drug-likeness (QED) is 0.855. The van der Waals surface area contributed by atoms with E-state index in [1.165, 1.54) is 11.3 Å². The SMILES string of the molecule is Cc1nnc(C2COCCN2C(=O)CCc2ccc(Cl)s2)o1. The Morgan fingerprint density at radius 3 is 3.05 bits per heavy atom. The Hall–Kier alpha value is -1.44. The average molecular weight is 342 g/mol. The van der Waals surface area contributed by atoms with Crippen molar-refractivity contribution in [2.24, 2.45) is 0 Å². The summed E-state index contributed by atoms with van der Waals surface area (Å²) in [6.07, 6.45) is 1.11. The molecule has 1 unspecified atom stereocenters. The lowest BCUT2D eigenvalue weighted by Crippen LogP contribution is -2.43. The third-order valence-corrected chi connectivity index (χ3v) is 4.78. The molecule has 1 aliphatic heterocycles. The van der Waals surface area contributed by atoms with Crippen LogP contribution in [0, 0.1) is 6.92 Å². The van der Waals surface area contributed by atoms with Gasteiger partial charge in [-0.2, -0.15) is 0 Å². The molecule has 1 amide bonds. The van der Waals surface area contributed by atoms with Crippen LogP contribution in [-0.2, 0) is 16.0 Å². The number of carbonyl (C=O) groups excluding carboxylic acids is 1. The van der Waals surface area contributed by atoms with Crippen molar-refractivity contribution in [2.75, 3.05) is 19.8 Å². The minimum Gasteiger partial charge on any atom is -0.423 e. The summed E-state index contributed by atoms with van der Waals surface area (Å²) in [5.41, 5.74) is 0. The molecule has 6 nitrogen and oxygen atoms in total. The highest BCUT2D eigenvalue weighted by Gasteiger charge is 2.32. The maximum Gasteiger partial charge on any atom is 0.241 e. The summed E-state index contributed by atoms with van der Waals surface area (Å²) < 4.78 is 11.7. The molecule has 1 atom stereocenters. The van der Waals surface area contributed by atoms with Gasteiger partial charge in [-0.3, -0.25) is 4.79 Å². The first-order valence-corrected chi connectivity index (χ1v) is 8.24. The van der Waals surface area contributed by atoms with Gasteiger partial charge in [0.1, 0.15) is 6.04 Å². The largest absolute Gasteiger partial charge is 0.423 e. The lowest BCUT2D eigenvalue weighted by molar-refractivity contribution is -0.141. The first-order chi connectivity index (χ1) is 10.6. The average Bonchev–Trinajstić information content (AvgIpc) is 3.13. The fraction of sp³-hybridized carbons (Fsp3) is 0.500. The van der Waals surface area contributed by atoms with Crippen LogP contribution in [0.2, 0.25) is 4.34 Å². The van der Waals surface area contributed by atoms with Gasteiger partial charge in [-0.1, -0.05) is 11.6 Å². The van der Waals surface area contributed by atoms with Crippen LogP contribution in [0.1, 0.15) is 29.1 Å². The van der Waals surface area contributed by atoms with Gasteiger partial charge in [-0.15, -0.1) is 21.5 Å². The normalized spacial score (nSPS) is 18.6. The zero-order valence-corrected chi connectivity index (χ0v) is 13.7. The monoisotopic (exact) mass is 341 g/mol. The molecule has 0 aromatic carbocycles. The molecule has 22 heavy (non-hydrogen) atoms. The van der Waals surface area contributed by atoms with E-state index in [1.54, 1.807) is 11.8 Å². The number of nitrogens with zero attached hydrogens (tertiary/aromatic N) is 3. The summed E-state index contributed by atoms with van der Waals surface area (Å²) in [4.78, 5) is 15.4. The zero-order valence-electron chi connectivity index (χ0n) is 12.1. The number of ether oxygens (including phenoxy) is 1. The van der Waals surface area contributed by atoms with Crippen molar-refractivity contribution in [1.82, 2.24) is 15.1 Å². The maximum atomic E-state index is 12.5. The van der Waals surface area contributed by atoms with Gasteiger partial charge in [0.25, 0.3) is 0 Å². The molecule has 3 heterocycles. The highest BCUT2D eigenvalue weighted by Crippen LogP contribution is 2.26. The Labute approximate surface area is 137 Å². The van der Waals surface area contributed by atoms with Crippen molar-refractivity contribution >= 4 is 28.8 Å². The predicted octanol–water partition coefficient (Wildman–Crippen LogP) is 2.63. The number of carbonyl (C=O) groups is 1. The van der Waals surface area contributed by atoms with E-state index < -0.39 is 0 Å². The van der Waals surface area contributed by atoms with Gasteiger partial charge in [0.15, 0.2) is 0 Å². The summed E-state index contributed by atoms with van der Waals surface area (Å²) in [5.74, 6) is 0.986. The molecule has 2 aromatic rings. The smallest absolute Gasteiger partial charge is 0.241 e. The van der Waals surface area contributed by atoms with Crippen LogP contribution in [0.4, 0.5) is 0 Å². The fourth-order valence-electron chi connectivity index (χ4n) is 2.41. The standard InChI is InChI=1S/C14H16ClN3O3S/c1-9-16-17-14(21-9)11-8-20-7-6-18(11)13(19)5-3-10-2-4-12(15)22-10/h2,4,11H,3,5-8H2,1H3. The molecule has 0 saturated carbocycles. The zero-order chi connectivity index (χ0) is 15.5. The second-order valence-electron chi connectivity index (χ2n) is 5.04. The van der Waals surface area contributed by atoms with Gasteiger partial charge in [0.2, 0.25) is 17.7 Å². The maximum absolute atomic E-state index is 12.5. The topological polar surface area (TPSA) is 68.5 Å². The molecule has 0 aliphatic carbocycles. The van der Waals surface area contributed by atoms with Crippen LogP contribution in [-0.4, -0.2) is 40.8 Å². The Bertz CT molecular complexity index is 657. The number of hydrogen-bond donors (Lipinski definition) is 0. The van der Waals surface area contributed by atoms with Crippen molar-refractivity contribution in [3.63, 3.8) is 0 Å². The molecular weight excluding hydrogens is 326 g/mol. The van der Waals surface area contributed by atoms with Crippen LogP contribution < -0.4 is 0 Å². The molecule has 3 rings (SSSR count). The summed E-state index contributed by atoms with van der Waals surface area (Å²) >= 11 is 7.41. The lowest BCUT2D eigenvalue weighted by Gasteiger charge is -2.33. The van der Waals surface area contributed by atoms with Crippen molar-refractivity contribution in [2.45, 2.75) is 25.8 Å². The minimum absolute atomic E-state index is 0.0636. The number of halogens is 1. The minimum atomic E-state index is -0.297. The van der Waals surface area contributed by atoms with E-state index in [1.807, 2.05) is 12.1 Å². The van der Waals surface area contributed by atoms with Crippen molar-refractivity contribution < 1.29 is 13.9 Å². The first-order valence-electron chi connectivity index (χ1n) is 7.05. The van der Waals surface area contributed by atoms with E-state index in [0.29, 0.717) is 44.4 Å². The summed E-state index contributed by atoms with van der Waals surface area (Å²) in [6.45, 7) is 3.18. The molecule has 8 heteroatoms. The number of hydrogen-bond acceptors (Lipinski definition) is 6. The van der Waals surface area contributed by atoms with E-state index in [4.69, 9.17) is 20.8 Å². The Balaban J connectivity index is 1.66. The highest BCUT2D eigenvalue weighted by molar-refractivity contribution is 7.16. The van der Waals surface area contributed by atoms with Gasteiger partial charge < -0.3 is 14.1 Å². The van der Waals surface area contributed by atoms with Gasteiger partial charge >= 0.3 is 0 Å². The van der Waals surface area contributed by atoms with Crippen molar-refractivity contribution in [3.05, 3.63) is 33.1 Å². The van der Waals surface area contributed by atoms with Crippen molar-refractivity contribution in [3.8, 4) is 0 Å². The molecule has 1 saturated heterocycles. The van der Waals surface area contributed by atoms with E-state index in [0.717, 1.165) is 9.21 Å². The number of aryl methyl sites for hydroxylation is 2. The molecule has 1 fully saturated rings. The van der Waals surface area contributed by atoms with E-state index >= 15 is 0 Å². The second kappa shape index (κ2) is 6.76. The van der Waals surface area contributed by atoms with Crippen LogP contribution in [0.25, 0.3) is 0 Å². The Kier molecular flexibility index (Phi) is 4.75. The van der Waals surface area contributed by atoms with Gasteiger partial charge in [0, 0.05) is 24.8 Å². The van der Waals surface area contributed by atoms with E-state index in [2.05, 4.69) is 10.2 Å². The van der Waals surface area contributed by atoms with Crippen molar-refractivity contribution in [1.29, 1.82) is 0 Å². The molecule has 0 radical (unpaired) electrons. The number of amides is 1. The van der Waals surface area contributed by atoms with Gasteiger partial charge in [-0.05, 0) is 18.6 Å². The third-order valence-electron chi connectivity index (χ3n) is 3.49. The highest BCUT2D eigenvalue weighted by atomic mass is 35.5. The van der Waals surface area contributed by atoms with Crippen LogP contribution in [0.3, 0.4) is 0 Å². The lowest BCUT2D eigenvalue weighted by atomic mass is 10.1. The molecule has 0 spiro atoms. The van der Waals surface area contributed by atoms with E-state index in [9.17, 15) is 4.79 Å². The van der Waals surface area contributed by atoms with Crippen LogP contribution in [0.5, 0.6) is 0 Å². The summed E-state index contributed by atoms with van der Waals surface area (Å²) in [5, 5.41) is 7.85. The first kappa shape index (κ1) is 15.5. The molecule has 0 N–H and O–H groups in total. The molecule has 1 aliphatic rings. The Morgan fingerprint density at radius 2 is 2.36 bits per heavy atom. The number of morpholine rings is 1. The predicted molar refractivity (Wildman–Crippen MR) is 82.0 cm³/mol. The number of rotatable bonds is 4.